The van der Waals surface area contributed by atoms with Gasteiger partial charge >= 0.3 is 0 Å². The Morgan fingerprint density at radius 3 is 2.74 bits per heavy atom. The number of aromatic nitrogens is 2. The summed E-state index contributed by atoms with van der Waals surface area (Å²) in [5.41, 5.74) is 4.15. The van der Waals surface area contributed by atoms with Crippen LogP contribution in [0, 0.1) is 11.3 Å². The van der Waals surface area contributed by atoms with Crippen molar-refractivity contribution in [2.24, 2.45) is 0 Å². The maximum Gasteiger partial charge on any atom is 0.161 e. The smallest absolute Gasteiger partial charge is 0.161 e. The number of ether oxygens (including phenoxy) is 3. The van der Waals surface area contributed by atoms with Gasteiger partial charge in [0.1, 0.15) is 34.9 Å². The Labute approximate surface area is 195 Å². The zero-order chi connectivity index (χ0) is 23.5. The molecule has 170 valence electrons. The van der Waals surface area contributed by atoms with Crippen molar-refractivity contribution in [3.63, 3.8) is 0 Å². The van der Waals surface area contributed by atoms with E-state index in [1.54, 1.807) is 24.4 Å². The number of methoxy groups -OCH3 is 1. The quantitative estimate of drug-likeness (QED) is 0.381. The lowest BCUT2D eigenvalue weighted by Crippen LogP contribution is -2.26. The zero-order valence-electron chi connectivity index (χ0n) is 18.5. The number of hydrogen-bond donors (Lipinski definition) is 0. The summed E-state index contributed by atoms with van der Waals surface area (Å²) in [6.45, 7) is 1.33. The first-order valence-electron chi connectivity index (χ1n) is 10.9. The van der Waals surface area contributed by atoms with Crippen molar-refractivity contribution in [1.29, 1.82) is 5.26 Å². The fraction of sp³-hybridized carbons (Fsp3) is 0.231. The molecule has 8 heteroatoms. The van der Waals surface area contributed by atoms with Gasteiger partial charge in [-0.3, -0.25) is 14.8 Å². The van der Waals surface area contributed by atoms with Gasteiger partial charge in [-0.2, -0.15) is 5.26 Å². The topological polar surface area (TPSA) is 107 Å². The number of fused-ring (bicyclic) bond motifs is 1. The standard InChI is InChI=1S/C26H21N3O5/c1-31-24-11-21(29-14-18(24)15-30)25-12-22-26(34-25)20(4-7-28-22)16-2-3-23(17(10-16)13-27)33-19-5-8-32-9-6-19/h2-4,7,10-12,14-15,19H,5-6,8-9H2,1H3. The maximum absolute atomic E-state index is 11.2. The van der Waals surface area contributed by atoms with Crippen LogP contribution in [-0.2, 0) is 4.74 Å². The highest BCUT2D eigenvalue weighted by atomic mass is 16.5. The third-order valence-corrected chi connectivity index (χ3v) is 5.78. The summed E-state index contributed by atoms with van der Waals surface area (Å²) >= 11 is 0. The molecule has 0 unspecified atom stereocenters. The van der Waals surface area contributed by atoms with Gasteiger partial charge in [-0.25, -0.2) is 0 Å². The summed E-state index contributed by atoms with van der Waals surface area (Å²) in [5, 5.41) is 9.74. The molecule has 3 aromatic heterocycles. The van der Waals surface area contributed by atoms with Crippen LogP contribution in [0.4, 0.5) is 0 Å². The van der Waals surface area contributed by atoms with E-state index in [2.05, 4.69) is 16.0 Å². The summed E-state index contributed by atoms with van der Waals surface area (Å²) < 4.78 is 22.9. The normalized spacial score (nSPS) is 14.0. The molecule has 8 nitrogen and oxygen atoms in total. The second-order valence-electron chi connectivity index (χ2n) is 7.87. The molecule has 1 aliphatic rings. The van der Waals surface area contributed by atoms with Crippen LogP contribution >= 0.6 is 0 Å². The Balaban J connectivity index is 1.51. The molecule has 0 spiro atoms. The molecule has 1 aliphatic heterocycles. The Hall–Kier alpha value is -4.22. The third kappa shape index (κ3) is 4.09. The first-order chi connectivity index (χ1) is 16.7. The minimum absolute atomic E-state index is 0.0436. The number of aldehydes is 1. The van der Waals surface area contributed by atoms with E-state index < -0.39 is 0 Å². The summed E-state index contributed by atoms with van der Waals surface area (Å²) in [7, 11) is 1.49. The first kappa shape index (κ1) is 21.6. The van der Waals surface area contributed by atoms with Crippen molar-refractivity contribution in [3.05, 3.63) is 59.9 Å². The second kappa shape index (κ2) is 9.33. The van der Waals surface area contributed by atoms with Crippen LogP contribution in [0.5, 0.6) is 11.5 Å². The average molecular weight is 455 g/mol. The van der Waals surface area contributed by atoms with E-state index in [9.17, 15) is 10.1 Å². The highest BCUT2D eigenvalue weighted by molar-refractivity contribution is 5.92. The van der Waals surface area contributed by atoms with E-state index in [0.29, 0.717) is 64.7 Å². The molecule has 0 radical (unpaired) electrons. The number of pyridine rings is 2. The van der Waals surface area contributed by atoms with Crippen LogP contribution in [0.15, 0.2) is 53.2 Å². The largest absolute Gasteiger partial charge is 0.496 e. The summed E-state index contributed by atoms with van der Waals surface area (Å²) in [6.07, 6.45) is 5.48. The van der Waals surface area contributed by atoms with Crippen LogP contribution in [0.2, 0.25) is 0 Å². The Kier molecular flexibility index (Phi) is 5.93. The number of rotatable bonds is 6. The molecule has 34 heavy (non-hydrogen) atoms. The van der Waals surface area contributed by atoms with Gasteiger partial charge in [0.2, 0.25) is 0 Å². The van der Waals surface area contributed by atoms with Crippen LogP contribution in [0.25, 0.3) is 33.7 Å². The lowest BCUT2D eigenvalue weighted by Gasteiger charge is -2.23. The molecule has 4 heterocycles. The fourth-order valence-corrected chi connectivity index (χ4v) is 4.00. The van der Waals surface area contributed by atoms with Crippen molar-refractivity contribution in [1.82, 2.24) is 9.97 Å². The van der Waals surface area contributed by atoms with Gasteiger partial charge in [-0.1, -0.05) is 6.07 Å². The van der Waals surface area contributed by atoms with Gasteiger partial charge in [0.25, 0.3) is 0 Å². The van der Waals surface area contributed by atoms with Gasteiger partial charge in [0.15, 0.2) is 17.6 Å². The van der Waals surface area contributed by atoms with Crippen molar-refractivity contribution in [2.45, 2.75) is 18.9 Å². The lowest BCUT2D eigenvalue weighted by molar-refractivity contribution is 0.0254. The second-order valence-corrected chi connectivity index (χ2v) is 7.87. The number of furan rings is 1. The van der Waals surface area contributed by atoms with Crippen molar-refractivity contribution in [3.8, 4) is 40.1 Å². The highest BCUT2D eigenvalue weighted by Gasteiger charge is 2.19. The number of carbonyl (C=O) groups excluding carboxylic acids is 1. The molecular formula is C26H21N3O5. The molecule has 0 atom stereocenters. The highest BCUT2D eigenvalue weighted by Crippen LogP contribution is 2.36. The number of nitrogens with zero attached hydrogens (tertiary/aromatic N) is 3. The number of benzene rings is 1. The van der Waals surface area contributed by atoms with E-state index in [1.165, 1.54) is 13.3 Å². The summed E-state index contributed by atoms with van der Waals surface area (Å²) in [4.78, 5) is 19.9. The van der Waals surface area contributed by atoms with Crippen LogP contribution < -0.4 is 9.47 Å². The number of carbonyl (C=O) groups is 1. The molecule has 5 rings (SSSR count). The molecule has 0 aliphatic carbocycles. The lowest BCUT2D eigenvalue weighted by atomic mass is 10.0. The first-order valence-corrected chi connectivity index (χ1v) is 10.9. The number of hydrogen-bond acceptors (Lipinski definition) is 8. The SMILES string of the molecule is COc1cc(-c2cc3nccc(-c4ccc(OC5CCOCC5)c(C#N)c4)c3o2)ncc1C=O. The minimum Gasteiger partial charge on any atom is -0.496 e. The zero-order valence-corrected chi connectivity index (χ0v) is 18.5. The van der Waals surface area contributed by atoms with Crippen LogP contribution in [0.3, 0.4) is 0 Å². The summed E-state index contributed by atoms with van der Waals surface area (Å²) in [6, 6.07) is 13.1. The molecular weight excluding hydrogens is 434 g/mol. The van der Waals surface area contributed by atoms with E-state index in [-0.39, 0.29) is 6.10 Å². The fourth-order valence-electron chi connectivity index (χ4n) is 4.00. The van der Waals surface area contributed by atoms with Crippen LogP contribution in [0.1, 0.15) is 28.8 Å². The maximum atomic E-state index is 11.2. The average Bonchev–Trinajstić information content (AvgIpc) is 3.34. The van der Waals surface area contributed by atoms with E-state index >= 15 is 0 Å². The number of nitriles is 1. The van der Waals surface area contributed by atoms with E-state index in [4.69, 9.17) is 18.6 Å². The molecule has 1 fully saturated rings. The molecule has 0 N–H and O–H groups in total. The Morgan fingerprint density at radius 1 is 1.12 bits per heavy atom. The van der Waals surface area contributed by atoms with Crippen molar-refractivity contribution >= 4 is 17.4 Å². The van der Waals surface area contributed by atoms with Gasteiger partial charge in [-0.05, 0) is 23.8 Å². The van der Waals surface area contributed by atoms with Gasteiger partial charge in [-0.15, -0.1) is 0 Å². The van der Waals surface area contributed by atoms with E-state index in [1.807, 2.05) is 18.2 Å². The molecule has 0 bridgehead atoms. The Morgan fingerprint density at radius 2 is 1.97 bits per heavy atom. The monoisotopic (exact) mass is 455 g/mol. The predicted molar refractivity (Wildman–Crippen MR) is 124 cm³/mol. The summed E-state index contributed by atoms with van der Waals surface area (Å²) in [5.74, 6) is 1.47. The molecule has 4 aromatic rings. The molecule has 0 saturated carbocycles. The van der Waals surface area contributed by atoms with Gasteiger partial charge in [0.05, 0.1) is 31.5 Å². The van der Waals surface area contributed by atoms with Crippen LogP contribution in [-0.4, -0.2) is 42.7 Å². The molecule has 0 amide bonds. The van der Waals surface area contributed by atoms with Crippen molar-refractivity contribution in [2.75, 3.05) is 20.3 Å². The van der Waals surface area contributed by atoms with E-state index in [0.717, 1.165) is 24.0 Å². The third-order valence-electron chi connectivity index (χ3n) is 5.78. The van der Waals surface area contributed by atoms with Gasteiger partial charge < -0.3 is 18.6 Å². The molecule has 1 saturated heterocycles. The predicted octanol–water partition coefficient (Wildman–Crippen LogP) is 4.81. The van der Waals surface area contributed by atoms with Gasteiger partial charge in [0, 0.05) is 42.9 Å². The minimum atomic E-state index is 0.0436. The molecule has 1 aromatic carbocycles. The van der Waals surface area contributed by atoms with Crippen molar-refractivity contribution < 1.29 is 23.4 Å². The Bertz CT molecular complexity index is 1400.